The van der Waals surface area contributed by atoms with Crippen LogP contribution in [0.3, 0.4) is 0 Å². The second kappa shape index (κ2) is 5.35. The average molecular weight is 308 g/mol. The fourth-order valence-electron chi connectivity index (χ4n) is 1.76. The van der Waals surface area contributed by atoms with Crippen LogP contribution in [0.5, 0.6) is 0 Å². The van der Waals surface area contributed by atoms with Crippen molar-refractivity contribution in [1.29, 1.82) is 0 Å². The number of anilines is 1. The molecule has 0 aliphatic carbocycles. The van der Waals surface area contributed by atoms with Gasteiger partial charge in [0.05, 0.1) is 6.54 Å². The van der Waals surface area contributed by atoms with E-state index in [1.165, 1.54) is 0 Å². The number of aryl methyl sites for hydroxylation is 1. The number of aromatic nitrogens is 2. The highest BCUT2D eigenvalue weighted by atomic mass is 79.9. The van der Waals surface area contributed by atoms with E-state index >= 15 is 0 Å². The van der Waals surface area contributed by atoms with Crippen LogP contribution in [-0.4, -0.2) is 16.6 Å². The smallest absolute Gasteiger partial charge is 0.253 e. The summed E-state index contributed by atoms with van der Waals surface area (Å²) in [5, 5.41) is 2.98. The van der Waals surface area contributed by atoms with Gasteiger partial charge >= 0.3 is 0 Å². The van der Waals surface area contributed by atoms with Crippen LogP contribution >= 0.6 is 15.9 Å². The van der Waals surface area contributed by atoms with Crippen molar-refractivity contribution in [3.8, 4) is 0 Å². The molecule has 0 atom stereocenters. The largest absolute Gasteiger partial charge is 0.373 e. The van der Waals surface area contributed by atoms with Gasteiger partial charge in [0.15, 0.2) is 0 Å². The molecular formula is C13H14BrN3O. The Morgan fingerprint density at radius 2 is 2.22 bits per heavy atom. The highest BCUT2D eigenvalue weighted by Gasteiger charge is 2.03. The lowest BCUT2D eigenvalue weighted by Gasteiger charge is -2.09. The zero-order chi connectivity index (χ0) is 13.1. The topological polar surface area (TPSA) is 46.9 Å². The molecule has 1 N–H and O–H groups in total. The van der Waals surface area contributed by atoms with Crippen LogP contribution in [0.4, 0.5) is 5.82 Å². The fraction of sp³-hybridized carbons (Fsp3) is 0.231. The summed E-state index contributed by atoms with van der Waals surface area (Å²) in [5.74, 6) is 0.798. The van der Waals surface area contributed by atoms with Gasteiger partial charge < -0.3 is 9.88 Å². The lowest BCUT2D eigenvalue weighted by Crippen LogP contribution is -2.22. The third-order valence-corrected chi connectivity index (χ3v) is 3.10. The number of hydrogen-bond donors (Lipinski definition) is 1. The van der Waals surface area contributed by atoms with E-state index in [9.17, 15) is 4.79 Å². The number of hydrogen-bond acceptors (Lipinski definition) is 3. The molecule has 2 rings (SSSR count). The lowest BCUT2D eigenvalue weighted by molar-refractivity contribution is 0.748. The predicted octanol–water partition coefficient (Wildman–Crippen LogP) is 2.40. The summed E-state index contributed by atoms with van der Waals surface area (Å²) in [7, 11) is 1.82. The lowest BCUT2D eigenvalue weighted by atomic mass is 10.2. The van der Waals surface area contributed by atoms with Crippen molar-refractivity contribution in [2.45, 2.75) is 13.5 Å². The van der Waals surface area contributed by atoms with Crippen LogP contribution in [0, 0.1) is 6.92 Å². The minimum atomic E-state index is 0.0287. The first-order chi connectivity index (χ1) is 8.60. The van der Waals surface area contributed by atoms with Gasteiger partial charge in [-0.15, -0.1) is 0 Å². The molecule has 0 saturated heterocycles. The quantitative estimate of drug-likeness (QED) is 0.947. The zero-order valence-corrected chi connectivity index (χ0v) is 11.9. The Morgan fingerprint density at radius 1 is 1.44 bits per heavy atom. The van der Waals surface area contributed by atoms with Gasteiger partial charge in [-0.05, 0) is 46.6 Å². The molecule has 0 aromatic carbocycles. The molecule has 0 bridgehead atoms. The maximum atomic E-state index is 12.0. The second-order valence-electron chi connectivity index (χ2n) is 4.07. The van der Waals surface area contributed by atoms with Crippen molar-refractivity contribution in [2.75, 3.05) is 12.4 Å². The standard InChI is InChI=1S/C13H14BrN3O/c1-9-5-11(14)8-17(13(9)18)7-10-3-4-16-12(6-10)15-2/h3-6,8H,7H2,1-2H3,(H,15,16). The van der Waals surface area contributed by atoms with E-state index < -0.39 is 0 Å². The molecule has 0 amide bonds. The normalized spacial score (nSPS) is 10.4. The molecule has 0 radical (unpaired) electrons. The first kappa shape index (κ1) is 12.8. The summed E-state index contributed by atoms with van der Waals surface area (Å²) in [4.78, 5) is 16.1. The summed E-state index contributed by atoms with van der Waals surface area (Å²) in [6.45, 7) is 2.35. The predicted molar refractivity (Wildman–Crippen MR) is 76.0 cm³/mol. The van der Waals surface area contributed by atoms with Crippen molar-refractivity contribution in [2.24, 2.45) is 0 Å². The molecule has 0 unspecified atom stereocenters. The van der Waals surface area contributed by atoms with E-state index in [1.54, 1.807) is 17.0 Å². The third-order valence-electron chi connectivity index (χ3n) is 2.67. The van der Waals surface area contributed by atoms with E-state index in [2.05, 4.69) is 26.2 Å². The Bertz CT molecular complexity index is 622. The van der Waals surface area contributed by atoms with Gasteiger partial charge in [0.2, 0.25) is 0 Å². The van der Waals surface area contributed by atoms with Crippen LogP contribution in [0.15, 0.2) is 39.9 Å². The van der Waals surface area contributed by atoms with Crippen LogP contribution in [0.25, 0.3) is 0 Å². The highest BCUT2D eigenvalue weighted by Crippen LogP contribution is 2.11. The van der Waals surface area contributed by atoms with Crippen LogP contribution in [-0.2, 0) is 6.54 Å². The van der Waals surface area contributed by atoms with Crippen molar-refractivity contribution in [3.63, 3.8) is 0 Å². The van der Waals surface area contributed by atoms with Crippen LogP contribution < -0.4 is 10.9 Å². The summed E-state index contributed by atoms with van der Waals surface area (Å²) in [6.07, 6.45) is 3.53. The highest BCUT2D eigenvalue weighted by molar-refractivity contribution is 9.10. The summed E-state index contributed by atoms with van der Waals surface area (Å²) in [5.41, 5.74) is 1.79. The number of pyridine rings is 2. The molecule has 0 saturated carbocycles. The summed E-state index contributed by atoms with van der Waals surface area (Å²) >= 11 is 3.40. The molecule has 2 heterocycles. The maximum absolute atomic E-state index is 12.0. The van der Waals surface area contributed by atoms with Gasteiger partial charge in [0.25, 0.3) is 5.56 Å². The SMILES string of the molecule is CNc1cc(Cn2cc(Br)cc(C)c2=O)ccn1. The monoisotopic (exact) mass is 307 g/mol. The maximum Gasteiger partial charge on any atom is 0.253 e. The van der Waals surface area contributed by atoms with Crippen molar-refractivity contribution >= 4 is 21.7 Å². The van der Waals surface area contributed by atoms with Gasteiger partial charge in [-0.2, -0.15) is 0 Å². The average Bonchev–Trinajstić information content (AvgIpc) is 2.35. The molecule has 0 aliphatic heterocycles. The van der Waals surface area contributed by atoms with Gasteiger partial charge in [0.1, 0.15) is 5.82 Å². The molecule has 18 heavy (non-hydrogen) atoms. The van der Waals surface area contributed by atoms with E-state index in [1.807, 2.05) is 32.2 Å². The van der Waals surface area contributed by atoms with E-state index in [4.69, 9.17) is 0 Å². The van der Waals surface area contributed by atoms with Crippen molar-refractivity contribution in [1.82, 2.24) is 9.55 Å². The molecule has 0 aliphatic rings. The summed E-state index contributed by atoms with van der Waals surface area (Å²) in [6, 6.07) is 5.66. The molecular weight excluding hydrogens is 294 g/mol. The van der Waals surface area contributed by atoms with E-state index in [-0.39, 0.29) is 5.56 Å². The molecule has 5 heteroatoms. The molecule has 2 aromatic heterocycles. The Labute approximate surface area is 114 Å². The van der Waals surface area contributed by atoms with Crippen LogP contribution in [0.2, 0.25) is 0 Å². The minimum Gasteiger partial charge on any atom is -0.373 e. The Hall–Kier alpha value is -1.62. The molecule has 0 spiro atoms. The zero-order valence-electron chi connectivity index (χ0n) is 10.3. The number of rotatable bonds is 3. The third kappa shape index (κ3) is 2.79. The number of nitrogens with one attached hydrogen (secondary N) is 1. The first-order valence-electron chi connectivity index (χ1n) is 5.59. The van der Waals surface area contributed by atoms with E-state index in [0.29, 0.717) is 6.54 Å². The molecule has 94 valence electrons. The second-order valence-corrected chi connectivity index (χ2v) is 4.99. The fourth-order valence-corrected chi connectivity index (χ4v) is 2.35. The Kier molecular flexibility index (Phi) is 3.81. The van der Waals surface area contributed by atoms with E-state index in [0.717, 1.165) is 21.4 Å². The number of halogens is 1. The van der Waals surface area contributed by atoms with Crippen molar-refractivity contribution in [3.05, 3.63) is 56.5 Å². The van der Waals surface area contributed by atoms with Gasteiger partial charge in [-0.25, -0.2) is 4.98 Å². The molecule has 2 aromatic rings. The Morgan fingerprint density at radius 3 is 2.94 bits per heavy atom. The summed E-state index contributed by atoms with van der Waals surface area (Å²) < 4.78 is 2.59. The molecule has 4 nitrogen and oxygen atoms in total. The Balaban J connectivity index is 2.36. The van der Waals surface area contributed by atoms with Gasteiger partial charge in [-0.1, -0.05) is 0 Å². The minimum absolute atomic E-state index is 0.0287. The number of nitrogens with zero attached hydrogens (tertiary/aromatic N) is 2. The van der Waals surface area contributed by atoms with Crippen LogP contribution in [0.1, 0.15) is 11.1 Å². The van der Waals surface area contributed by atoms with Crippen molar-refractivity contribution < 1.29 is 0 Å². The van der Waals surface area contributed by atoms with Gasteiger partial charge in [-0.3, -0.25) is 4.79 Å². The molecule has 0 fully saturated rings. The first-order valence-corrected chi connectivity index (χ1v) is 6.38. The van der Waals surface area contributed by atoms with Gasteiger partial charge in [0, 0.05) is 29.5 Å².